The van der Waals surface area contributed by atoms with Gasteiger partial charge in [-0.2, -0.15) is 0 Å². The van der Waals surface area contributed by atoms with Gasteiger partial charge in [0.1, 0.15) is 6.04 Å². The number of pyridine rings is 1. The number of nitrogens with zero attached hydrogens (tertiary/aromatic N) is 2. The molecule has 0 saturated heterocycles. The van der Waals surface area contributed by atoms with Crippen molar-refractivity contribution in [2.24, 2.45) is 11.5 Å². The molecule has 17 heavy (non-hydrogen) atoms. The van der Waals surface area contributed by atoms with Crippen molar-refractivity contribution in [2.75, 3.05) is 0 Å². The number of carbonyl (C=O) groups is 1. The summed E-state index contributed by atoms with van der Waals surface area (Å²) in [4.78, 5) is 32.3. The van der Waals surface area contributed by atoms with Crippen LogP contribution in [0.3, 0.4) is 0 Å². The fourth-order valence-corrected chi connectivity index (χ4v) is 1.29. The SMILES string of the molecule is Cc1cc(=O)n(CC(N)C(N)=O)cc1[N+](=O)[O-]. The first-order valence-electron chi connectivity index (χ1n) is 4.73. The standard InChI is InChI=1S/C9H12N4O4/c1-5-2-8(14)12(3-6(10)9(11)15)4-7(5)13(16)17/h2,4,6H,3,10H2,1H3,(H2,11,15). The smallest absolute Gasteiger partial charge is 0.288 e. The van der Waals surface area contributed by atoms with Crippen LogP contribution in [0.15, 0.2) is 17.1 Å². The lowest BCUT2D eigenvalue weighted by molar-refractivity contribution is -0.385. The van der Waals surface area contributed by atoms with Crippen molar-refractivity contribution in [3.8, 4) is 0 Å². The summed E-state index contributed by atoms with van der Waals surface area (Å²) in [5, 5.41) is 10.7. The van der Waals surface area contributed by atoms with Gasteiger partial charge in [0.2, 0.25) is 5.91 Å². The van der Waals surface area contributed by atoms with Crippen LogP contribution in [0.4, 0.5) is 5.69 Å². The molecule has 0 aromatic carbocycles. The monoisotopic (exact) mass is 240 g/mol. The third-order valence-electron chi connectivity index (χ3n) is 2.26. The summed E-state index contributed by atoms with van der Waals surface area (Å²) in [5.74, 6) is -0.778. The number of amides is 1. The van der Waals surface area contributed by atoms with Gasteiger partial charge in [-0.05, 0) is 6.92 Å². The fourth-order valence-electron chi connectivity index (χ4n) is 1.29. The Balaban J connectivity index is 3.17. The lowest BCUT2D eigenvalue weighted by Crippen LogP contribution is -2.42. The van der Waals surface area contributed by atoms with Gasteiger partial charge >= 0.3 is 0 Å². The molecule has 4 N–H and O–H groups in total. The van der Waals surface area contributed by atoms with Crippen molar-refractivity contribution in [3.63, 3.8) is 0 Å². The quantitative estimate of drug-likeness (QED) is 0.507. The molecule has 0 radical (unpaired) electrons. The van der Waals surface area contributed by atoms with Crippen LogP contribution in [0.2, 0.25) is 0 Å². The zero-order valence-corrected chi connectivity index (χ0v) is 9.12. The first kappa shape index (κ1) is 12.8. The molecule has 8 nitrogen and oxygen atoms in total. The number of aryl methyl sites for hydroxylation is 1. The van der Waals surface area contributed by atoms with Gasteiger partial charge in [0.05, 0.1) is 17.7 Å². The van der Waals surface area contributed by atoms with Crippen LogP contribution >= 0.6 is 0 Å². The van der Waals surface area contributed by atoms with Crippen LogP contribution in [0.1, 0.15) is 5.56 Å². The molecule has 0 aliphatic rings. The Morgan fingerprint density at radius 1 is 1.65 bits per heavy atom. The molecule has 92 valence electrons. The van der Waals surface area contributed by atoms with Crippen molar-refractivity contribution in [3.05, 3.63) is 38.3 Å². The molecule has 8 heteroatoms. The molecular formula is C9H12N4O4. The van der Waals surface area contributed by atoms with E-state index in [4.69, 9.17) is 11.5 Å². The zero-order valence-electron chi connectivity index (χ0n) is 9.12. The van der Waals surface area contributed by atoms with Gasteiger partial charge in [0.15, 0.2) is 0 Å². The first-order valence-corrected chi connectivity index (χ1v) is 4.73. The van der Waals surface area contributed by atoms with Crippen LogP contribution in [-0.2, 0) is 11.3 Å². The van der Waals surface area contributed by atoms with Gasteiger partial charge in [-0.15, -0.1) is 0 Å². The lowest BCUT2D eigenvalue weighted by Gasteiger charge is -2.10. The third kappa shape index (κ3) is 2.88. The second kappa shape index (κ2) is 4.74. The van der Waals surface area contributed by atoms with E-state index in [1.54, 1.807) is 0 Å². The highest BCUT2D eigenvalue weighted by atomic mass is 16.6. The minimum Gasteiger partial charge on any atom is -0.368 e. The van der Waals surface area contributed by atoms with E-state index in [2.05, 4.69) is 0 Å². The maximum absolute atomic E-state index is 11.5. The molecule has 1 unspecified atom stereocenters. The van der Waals surface area contributed by atoms with Crippen molar-refractivity contribution < 1.29 is 9.72 Å². The van der Waals surface area contributed by atoms with E-state index in [0.717, 1.165) is 16.8 Å². The second-order valence-electron chi connectivity index (χ2n) is 3.60. The number of rotatable bonds is 4. The van der Waals surface area contributed by atoms with Gasteiger partial charge < -0.3 is 16.0 Å². The van der Waals surface area contributed by atoms with E-state index in [0.29, 0.717) is 0 Å². The number of nitrogens with two attached hydrogens (primary N) is 2. The average molecular weight is 240 g/mol. The largest absolute Gasteiger partial charge is 0.368 e. The molecule has 1 rings (SSSR count). The molecule has 1 aromatic heterocycles. The maximum Gasteiger partial charge on any atom is 0.288 e. The summed E-state index contributed by atoms with van der Waals surface area (Å²) in [5.41, 5.74) is 9.90. The first-order chi connectivity index (χ1) is 7.82. The number of primary amides is 1. The molecule has 0 aliphatic carbocycles. The van der Waals surface area contributed by atoms with Gasteiger partial charge in [0, 0.05) is 11.6 Å². The summed E-state index contributed by atoms with van der Waals surface area (Å²) in [6.45, 7) is 1.27. The molecule has 0 fully saturated rings. The predicted octanol–water partition coefficient (Wildman–Crippen LogP) is -1.12. The van der Waals surface area contributed by atoms with E-state index in [9.17, 15) is 19.7 Å². The van der Waals surface area contributed by atoms with Gasteiger partial charge in [-0.3, -0.25) is 19.7 Å². The number of carbonyl (C=O) groups excluding carboxylic acids is 1. The molecule has 0 spiro atoms. The second-order valence-corrected chi connectivity index (χ2v) is 3.60. The maximum atomic E-state index is 11.5. The third-order valence-corrected chi connectivity index (χ3v) is 2.26. The van der Waals surface area contributed by atoms with Crippen molar-refractivity contribution in [1.29, 1.82) is 0 Å². The van der Waals surface area contributed by atoms with E-state index >= 15 is 0 Å². The molecular weight excluding hydrogens is 228 g/mol. The minimum absolute atomic E-state index is 0.185. The fraction of sp³-hybridized carbons (Fsp3) is 0.333. The predicted molar refractivity (Wildman–Crippen MR) is 59.3 cm³/mol. The number of hydrogen-bond donors (Lipinski definition) is 2. The minimum atomic E-state index is -1.06. The van der Waals surface area contributed by atoms with E-state index in [-0.39, 0.29) is 17.8 Å². The van der Waals surface area contributed by atoms with Gasteiger partial charge in [-0.1, -0.05) is 0 Å². The summed E-state index contributed by atoms with van der Waals surface area (Å²) in [7, 11) is 0. The van der Waals surface area contributed by atoms with Crippen LogP contribution in [0.25, 0.3) is 0 Å². The van der Waals surface area contributed by atoms with Crippen molar-refractivity contribution >= 4 is 11.6 Å². The Morgan fingerprint density at radius 2 is 2.24 bits per heavy atom. The lowest BCUT2D eigenvalue weighted by atomic mass is 10.2. The number of aromatic nitrogens is 1. The number of hydrogen-bond acceptors (Lipinski definition) is 5. The summed E-state index contributed by atoms with van der Waals surface area (Å²) >= 11 is 0. The topological polar surface area (TPSA) is 134 Å². The summed E-state index contributed by atoms with van der Waals surface area (Å²) in [6, 6.07) is 0.0567. The van der Waals surface area contributed by atoms with Crippen molar-refractivity contribution in [2.45, 2.75) is 19.5 Å². The van der Waals surface area contributed by atoms with Gasteiger partial charge in [-0.25, -0.2) is 0 Å². The molecule has 0 aliphatic heterocycles. The highest BCUT2D eigenvalue weighted by Crippen LogP contribution is 2.13. The molecule has 1 aromatic rings. The Kier molecular flexibility index (Phi) is 3.59. The highest BCUT2D eigenvalue weighted by molar-refractivity contribution is 5.79. The number of nitro groups is 1. The summed E-state index contributed by atoms with van der Waals surface area (Å²) < 4.78 is 1.00. The summed E-state index contributed by atoms with van der Waals surface area (Å²) in [6.07, 6.45) is 1.06. The molecule has 1 atom stereocenters. The highest BCUT2D eigenvalue weighted by Gasteiger charge is 2.16. The molecule has 0 saturated carbocycles. The Hall–Kier alpha value is -2.22. The van der Waals surface area contributed by atoms with Crippen LogP contribution in [0.5, 0.6) is 0 Å². The molecule has 1 amide bonds. The van der Waals surface area contributed by atoms with Crippen molar-refractivity contribution in [1.82, 2.24) is 4.57 Å². The van der Waals surface area contributed by atoms with E-state index in [1.807, 2.05) is 0 Å². The van der Waals surface area contributed by atoms with Gasteiger partial charge in [0.25, 0.3) is 11.2 Å². The van der Waals surface area contributed by atoms with Crippen LogP contribution in [-0.4, -0.2) is 21.4 Å². The Bertz CT molecular complexity index is 522. The molecule has 0 bridgehead atoms. The van der Waals surface area contributed by atoms with Crippen LogP contribution in [0, 0.1) is 17.0 Å². The van der Waals surface area contributed by atoms with Crippen LogP contribution < -0.4 is 17.0 Å². The Labute approximate surface area is 96.0 Å². The molecule has 1 heterocycles. The average Bonchev–Trinajstić information content (AvgIpc) is 2.21. The van der Waals surface area contributed by atoms with E-state index < -0.39 is 22.4 Å². The normalized spacial score (nSPS) is 12.1. The Morgan fingerprint density at radius 3 is 2.71 bits per heavy atom. The van der Waals surface area contributed by atoms with E-state index in [1.165, 1.54) is 6.92 Å². The zero-order chi connectivity index (χ0) is 13.2.